The number of amides is 1. The minimum absolute atomic E-state index is 0.0564. The fraction of sp³-hybridized carbons (Fsp3) is 0.208. The van der Waals surface area contributed by atoms with Gasteiger partial charge in [0.25, 0.3) is 0 Å². The average Bonchev–Trinajstić information content (AvgIpc) is 2.75. The molecule has 0 saturated heterocycles. The number of aryl methyl sites for hydroxylation is 2. The van der Waals surface area contributed by atoms with Crippen LogP contribution in [0.5, 0.6) is 17.4 Å². The summed E-state index contributed by atoms with van der Waals surface area (Å²) in [6, 6.07) is 16.3. The minimum Gasteiger partial charge on any atom is -0.493 e. The maximum Gasteiger partial charge on any atom is 0.224 e. The van der Waals surface area contributed by atoms with Gasteiger partial charge in [-0.15, -0.1) is 0 Å². The Bertz CT molecular complexity index is 1030. The van der Waals surface area contributed by atoms with Crippen molar-refractivity contribution in [2.24, 2.45) is 0 Å². The molecule has 1 amide bonds. The zero-order valence-electron chi connectivity index (χ0n) is 17.3. The second-order valence-corrected chi connectivity index (χ2v) is 6.98. The predicted molar refractivity (Wildman–Crippen MR) is 115 cm³/mol. The molecule has 0 unspecified atom stereocenters. The summed E-state index contributed by atoms with van der Waals surface area (Å²) in [6.45, 7) is 3.93. The lowest BCUT2D eigenvalue weighted by atomic mass is 10.1. The van der Waals surface area contributed by atoms with E-state index in [1.54, 1.807) is 31.4 Å². The van der Waals surface area contributed by atoms with Crippen LogP contribution in [0.2, 0.25) is 0 Å². The highest BCUT2D eigenvalue weighted by Crippen LogP contribution is 2.31. The number of pyridine rings is 1. The number of benzene rings is 2. The van der Waals surface area contributed by atoms with Crippen LogP contribution in [-0.4, -0.2) is 23.8 Å². The van der Waals surface area contributed by atoms with E-state index < -0.39 is 0 Å². The molecule has 0 radical (unpaired) electrons. The third-order valence-corrected chi connectivity index (χ3v) is 4.51. The smallest absolute Gasteiger partial charge is 0.224 e. The maximum absolute atomic E-state index is 12.2. The second kappa shape index (κ2) is 9.69. The van der Waals surface area contributed by atoms with E-state index in [1.165, 1.54) is 6.20 Å². The van der Waals surface area contributed by atoms with Crippen molar-refractivity contribution >= 4 is 17.4 Å². The number of rotatable bonds is 8. The number of carbonyl (C=O) groups excluding carboxylic acids is 2. The Balaban J connectivity index is 1.53. The van der Waals surface area contributed by atoms with Gasteiger partial charge >= 0.3 is 0 Å². The van der Waals surface area contributed by atoms with Gasteiger partial charge in [-0.2, -0.15) is 0 Å². The molecule has 0 atom stereocenters. The van der Waals surface area contributed by atoms with Crippen molar-refractivity contribution in [2.75, 3.05) is 12.4 Å². The van der Waals surface area contributed by atoms with Crippen LogP contribution in [0.3, 0.4) is 0 Å². The van der Waals surface area contributed by atoms with Gasteiger partial charge in [-0.25, -0.2) is 4.98 Å². The molecule has 30 heavy (non-hydrogen) atoms. The lowest BCUT2D eigenvalue weighted by Crippen LogP contribution is -2.13. The number of aromatic nitrogens is 1. The lowest BCUT2D eigenvalue weighted by molar-refractivity contribution is -0.116. The molecule has 3 aromatic rings. The van der Waals surface area contributed by atoms with Crippen LogP contribution in [0.4, 0.5) is 5.69 Å². The van der Waals surface area contributed by atoms with Gasteiger partial charge in [0.05, 0.1) is 19.0 Å². The van der Waals surface area contributed by atoms with Crippen molar-refractivity contribution in [1.82, 2.24) is 4.98 Å². The van der Waals surface area contributed by atoms with Gasteiger partial charge in [-0.05, 0) is 37.6 Å². The summed E-state index contributed by atoms with van der Waals surface area (Å²) in [5.41, 5.74) is 3.30. The van der Waals surface area contributed by atoms with Gasteiger partial charge in [0, 0.05) is 24.5 Å². The molecule has 0 bridgehead atoms. The molecule has 1 aromatic heterocycles. The molecule has 6 heteroatoms. The van der Waals surface area contributed by atoms with E-state index in [0.29, 0.717) is 28.6 Å². The van der Waals surface area contributed by atoms with E-state index in [4.69, 9.17) is 9.47 Å². The number of ketones is 1. The monoisotopic (exact) mass is 404 g/mol. The fourth-order valence-corrected chi connectivity index (χ4v) is 2.82. The zero-order valence-corrected chi connectivity index (χ0v) is 17.3. The first-order valence-electron chi connectivity index (χ1n) is 9.63. The van der Waals surface area contributed by atoms with E-state index >= 15 is 0 Å². The summed E-state index contributed by atoms with van der Waals surface area (Å²) in [5, 5.41) is 2.75. The topological polar surface area (TPSA) is 77.5 Å². The number of carbonyl (C=O) groups is 2. The maximum atomic E-state index is 12.2. The Morgan fingerprint density at radius 3 is 2.30 bits per heavy atom. The van der Waals surface area contributed by atoms with Crippen LogP contribution in [0.1, 0.15) is 34.3 Å². The van der Waals surface area contributed by atoms with Gasteiger partial charge in [-0.3, -0.25) is 9.59 Å². The number of anilines is 1. The van der Waals surface area contributed by atoms with Crippen LogP contribution >= 0.6 is 0 Å². The summed E-state index contributed by atoms with van der Waals surface area (Å²) in [5.74, 6) is 1.25. The fourth-order valence-electron chi connectivity index (χ4n) is 2.82. The third kappa shape index (κ3) is 5.67. The van der Waals surface area contributed by atoms with E-state index in [1.807, 2.05) is 44.2 Å². The molecule has 1 N–H and O–H groups in total. The molecule has 0 saturated carbocycles. The van der Waals surface area contributed by atoms with Crippen molar-refractivity contribution in [3.8, 4) is 17.4 Å². The second-order valence-electron chi connectivity index (χ2n) is 6.98. The largest absolute Gasteiger partial charge is 0.493 e. The average molecular weight is 404 g/mol. The van der Waals surface area contributed by atoms with Crippen LogP contribution in [0.15, 0.2) is 60.8 Å². The highest BCUT2D eigenvalue weighted by atomic mass is 16.5. The molecular formula is C24H24N2O4. The van der Waals surface area contributed by atoms with Crippen LogP contribution in [0, 0.1) is 13.8 Å². The third-order valence-electron chi connectivity index (χ3n) is 4.51. The molecule has 154 valence electrons. The van der Waals surface area contributed by atoms with Crippen molar-refractivity contribution < 1.29 is 19.1 Å². The van der Waals surface area contributed by atoms with E-state index in [0.717, 1.165) is 11.1 Å². The zero-order chi connectivity index (χ0) is 21.5. The SMILES string of the molecule is COc1cc(C)ccc1Oc1ccc(NC(=O)CCC(=O)c2ccc(C)cc2)cn1. The molecule has 0 aliphatic carbocycles. The summed E-state index contributed by atoms with van der Waals surface area (Å²) in [6.07, 6.45) is 1.76. The van der Waals surface area contributed by atoms with Crippen molar-refractivity contribution in [3.63, 3.8) is 0 Å². The lowest BCUT2D eigenvalue weighted by Gasteiger charge is -2.11. The van der Waals surface area contributed by atoms with Gasteiger partial charge in [0.2, 0.25) is 11.8 Å². The summed E-state index contributed by atoms with van der Waals surface area (Å²) >= 11 is 0. The number of nitrogens with zero attached hydrogens (tertiary/aromatic N) is 1. The van der Waals surface area contributed by atoms with Crippen molar-refractivity contribution in [1.29, 1.82) is 0 Å². The first kappa shape index (κ1) is 21.0. The number of methoxy groups -OCH3 is 1. The molecule has 3 rings (SSSR count). The van der Waals surface area contributed by atoms with Crippen LogP contribution in [0.25, 0.3) is 0 Å². The first-order chi connectivity index (χ1) is 14.4. The van der Waals surface area contributed by atoms with E-state index in [-0.39, 0.29) is 24.5 Å². The Morgan fingerprint density at radius 2 is 1.63 bits per heavy atom. The number of hydrogen-bond acceptors (Lipinski definition) is 5. The summed E-state index contributed by atoms with van der Waals surface area (Å²) in [4.78, 5) is 28.6. The highest BCUT2D eigenvalue weighted by molar-refractivity contribution is 5.99. The Hall–Kier alpha value is -3.67. The van der Waals surface area contributed by atoms with E-state index in [9.17, 15) is 9.59 Å². The first-order valence-corrected chi connectivity index (χ1v) is 9.63. The molecule has 2 aromatic carbocycles. The van der Waals surface area contributed by atoms with Crippen LogP contribution in [-0.2, 0) is 4.79 Å². The summed E-state index contributed by atoms with van der Waals surface area (Å²) < 4.78 is 11.1. The van der Waals surface area contributed by atoms with Crippen molar-refractivity contribution in [2.45, 2.75) is 26.7 Å². The predicted octanol–water partition coefficient (Wildman–Crippen LogP) is 5.10. The molecule has 6 nitrogen and oxygen atoms in total. The minimum atomic E-state index is -0.244. The summed E-state index contributed by atoms with van der Waals surface area (Å²) in [7, 11) is 1.58. The van der Waals surface area contributed by atoms with Gasteiger partial charge in [-0.1, -0.05) is 35.9 Å². The number of nitrogens with one attached hydrogen (secondary N) is 1. The number of hydrogen-bond donors (Lipinski definition) is 1. The Morgan fingerprint density at radius 1 is 0.900 bits per heavy atom. The van der Waals surface area contributed by atoms with E-state index in [2.05, 4.69) is 10.3 Å². The molecule has 0 fully saturated rings. The molecule has 0 aliphatic heterocycles. The van der Waals surface area contributed by atoms with Gasteiger partial charge < -0.3 is 14.8 Å². The standard InChI is InChI=1S/C24H24N2O4/c1-16-4-7-18(8-5-16)20(27)10-12-23(28)26-19-9-13-24(25-15-19)30-21-11-6-17(2)14-22(21)29-3/h4-9,11,13-15H,10,12H2,1-3H3,(H,26,28). The van der Waals surface area contributed by atoms with Crippen LogP contribution < -0.4 is 14.8 Å². The molecule has 1 heterocycles. The van der Waals surface area contributed by atoms with Gasteiger partial charge in [0.1, 0.15) is 0 Å². The highest BCUT2D eigenvalue weighted by Gasteiger charge is 2.11. The normalized spacial score (nSPS) is 10.4. The van der Waals surface area contributed by atoms with Gasteiger partial charge in [0.15, 0.2) is 17.3 Å². The molecule has 0 spiro atoms. The van der Waals surface area contributed by atoms with Crippen molar-refractivity contribution in [3.05, 3.63) is 77.5 Å². The number of Topliss-reactive ketones (excluding diaryl/α,β-unsaturated/α-hetero) is 1. The molecular weight excluding hydrogens is 380 g/mol. The molecule has 0 aliphatic rings. The Kier molecular flexibility index (Phi) is 6.80. The number of ether oxygens (including phenoxy) is 2. The quantitative estimate of drug-likeness (QED) is 0.529. The Labute approximate surface area is 175 Å².